The quantitative estimate of drug-likeness (QED) is 0.888. The van der Waals surface area contributed by atoms with Crippen molar-refractivity contribution in [2.24, 2.45) is 0 Å². The fourth-order valence-corrected chi connectivity index (χ4v) is 2.28. The highest BCUT2D eigenvalue weighted by Gasteiger charge is 2.08. The van der Waals surface area contributed by atoms with E-state index in [4.69, 9.17) is 0 Å². The molecule has 0 fully saturated rings. The maximum atomic E-state index is 13.1. The lowest BCUT2D eigenvalue weighted by Gasteiger charge is -2.16. The first kappa shape index (κ1) is 17.1. The smallest absolute Gasteiger partial charge is 0.234 e. The number of aryl methyl sites for hydroxylation is 1. The van der Waals surface area contributed by atoms with Crippen molar-refractivity contribution in [2.45, 2.75) is 20.0 Å². The Morgan fingerprint density at radius 3 is 2.26 bits per heavy atom. The van der Waals surface area contributed by atoms with Gasteiger partial charge in [-0.15, -0.1) is 0 Å². The Balaban J connectivity index is 1.80. The largest absolute Gasteiger partial charge is 0.351 e. The summed E-state index contributed by atoms with van der Waals surface area (Å²) >= 11 is 0. The average molecular weight is 318 g/mol. The molecule has 23 heavy (non-hydrogen) atoms. The van der Waals surface area contributed by atoms with Crippen LogP contribution in [-0.4, -0.2) is 24.4 Å². The molecule has 1 amide bonds. The van der Waals surface area contributed by atoms with Gasteiger partial charge >= 0.3 is 0 Å². The number of benzene rings is 2. The van der Waals surface area contributed by atoms with E-state index in [0.717, 1.165) is 11.6 Å². The van der Waals surface area contributed by atoms with E-state index in [1.165, 1.54) is 17.7 Å². The molecule has 0 heterocycles. The number of hydrogen-bond acceptors (Lipinski definition) is 2. The molecule has 0 unspecified atom stereocenters. The zero-order valence-electron chi connectivity index (χ0n) is 13.3. The SMILES string of the molecule is Cc1ccc(CN(C)CC(=O)NCc2cc(F)cc(F)c2)cc1. The first-order valence-corrected chi connectivity index (χ1v) is 7.38. The van der Waals surface area contributed by atoms with Gasteiger partial charge in [0.25, 0.3) is 0 Å². The van der Waals surface area contributed by atoms with Crippen molar-refractivity contribution < 1.29 is 13.6 Å². The van der Waals surface area contributed by atoms with Gasteiger partial charge < -0.3 is 5.32 Å². The Hall–Kier alpha value is -2.27. The molecule has 0 atom stereocenters. The van der Waals surface area contributed by atoms with Crippen LogP contribution in [0.3, 0.4) is 0 Å². The van der Waals surface area contributed by atoms with Gasteiger partial charge in [-0.05, 0) is 37.2 Å². The van der Waals surface area contributed by atoms with Crippen LogP contribution in [0.25, 0.3) is 0 Å². The number of nitrogens with one attached hydrogen (secondary N) is 1. The van der Waals surface area contributed by atoms with E-state index in [1.807, 2.05) is 43.1 Å². The van der Waals surface area contributed by atoms with Gasteiger partial charge in [0.05, 0.1) is 6.54 Å². The molecular formula is C18H20F2N2O. The van der Waals surface area contributed by atoms with Gasteiger partial charge in [0, 0.05) is 19.2 Å². The van der Waals surface area contributed by atoms with Crippen molar-refractivity contribution in [3.8, 4) is 0 Å². The van der Waals surface area contributed by atoms with Crippen LogP contribution in [0.2, 0.25) is 0 Å². The highest BCUT2D eigenvalue weighted by molar-refractivity contribution is 5.77. The standard InChI is InChI=1S/C18H20F2N2O/c1-13-3-5-14(6-4-13)11-22(2)12-18(23)21-10-15-7-16(19)9-17(20)8-15/h3-9H,10-12H2,1-2H3,(H,21,23). The Morgan fingerprint density at radius 2 is 1.65 bits per heavy atom. The number of carbonyl (C=O) groups excluding carboxylic acids is 1. The number of amides is 1. The predicted octanol–water partition coefficient (Wildman–Crippen LogP) is 3.02. The van der Waals surface area contributed by atoms with Crippen molar-refractivity contribution in [1.29, 1.82) is 0 Å². The fraction of sp³-hybridized carbons (Fsp3) is 0.278. The third-order valence-electron chi connectivity index (χ3n) is 3.40. The van der Waals surface area contributed by atoms with Crippen molar-refractivity contribution in [3.05, 3.63) is 70.8 Å². The minimum absolute atomic E-state index is 0.103. The van der Waals surface area contributed by atoms with E-state index in [-0.39, 0.29) is 19.0 Å². The number of hydrogen-bond donors (Lipinski definition) is 1. The molecule has 0 aliphatic heterocycles. The lowest BCUT2D eigenvalue weighted by Crippen LogP contribution is -2.34. The molecular weight excluding hydrogens is 298 g/mol. The van der Waals surface area contributed by atoms with Crippen molar-refractivity contribution in [2.75, 3.05) is 13.6 Å². The van der Waals surface area contributed by atoms with Gasteiger partial charge in [0.1, 0.15) is 11.6 Å². The average Bonchev–Trinajstić information content (AvgIpc) is 2.46. The summed E-state index contributed by atoms with van der Waals surface area (Å²) in [7, 11) is 1.85. The van der Waals surface area contributed by atoms with Crippen LogP contribution in [0.15, 0.2) is 42.5 Å². The van der Waals surface area contributed by atoms with Crippen LogP contribution in [0, 0.1) is 18.6 Å². The molecule has 2 aromatic carbocycles. The van der Waals surface area contributed by atoms with Crippen molar-refractivity contribution in [3.63, 3.8) is 0 Å². The second-order valence-electron chi connectivity index (χ2n) is 5.71. The summed E-state index contributed by atoms with van der Waals surface area (Å²) in [6, 6.07) is 11.3. The minimum atomic E-state index is -0.647. The topological polar surface area (TPSA) is 32.3 Å². The van der Waals surface area contributed by atoms with E-state index in [2.05, 4.69) is 5.32 Å². The molecule has 0 spiro atoms. The molecule has 5 heteroatoms. The predicted molar refractivity (Wildman–Crippen MR) is 85.7 cm³/mol. The summed E-state index contributed by atoms with van der Waals surface area (Å²) in [6.07, 6.45) is 0. The van der Waals surface area contributed by atoms with Crippen LogP contribution < -0.4 is 5.32 Å². The maximum Gasteiger partial charge on any atom is 0.234 e. The molecule has 0 saturated carbocycles. The third kappa shape index (κ3) is 5.79. The second-order valence-corrected chi connectivity index (χ2v) is 5.71. The summed E-state index contributed by atoms with van der Waals surface area (Å²) in [4.78, 5) is 13.8. The number of nitrogens with zero attached hydrogens (tertiary/aromatic N) is 1. The van der Waals surface area contributed by atoms with E-state index in [0.29, 0.717) is 12.1 Å². The van der Waals surface area contributed by atoms with E-state index < -0.39 is 11.6 Å². The lowest BCUT2D eigenvalue weighted by molar-refractivity contribution is -0.122. The first-order chi connectivity index (χ1) is 10.9. The molecule has 1 N–H and O–H groups in total. The van der Waals surface area contributed by atoms with Crippen molar-refractivity contribution in [1.82, 2.24) is 10.2 Å². The Kier molecular flexibility index (Phi) is 5.82. The highest BCUT2D eigenvalue weighted by Crippen LogP contribution is 2.08. The first-order valence-electron chi connectivity index (χ1n) is 7.38. The molecule has 0 saturated heterocycles. The Bertz CT molecular complexity index is 651. The molecule has 2 rings (SSSR count). The normalized spacial score (nSPS) is 10.8. The van der Waals surface area contributed by atoms with Crippen molar-refractivity contribution >= 4 is 5.91 Å². The van der Waals surface area contributed by atoms with Crippen LogP contribution in [0.4, 0.5) is 8.78 Å². The third-order valence-corrected chi connectivity index (χ3v) is 3.40. The molecule has 0 aliphatic rings. The summed E-state index contributed by atoms with van der Waals surface area (Å²) in [5.41, 5.74) is 2.71. The number of likely N-dealkylation sites (N-methyl/N-ethyl adjacent to an activating group) is 1. The molecule has 0 bridgehead atoms. The van der Waals surface area contributed by atoms with Gasteiger partial charge in [0.2, 0.25) is 5.91 Å². The minimum Gasteiger partial charge on any atom is -0.351 e. The van der Waals surface area contributed by atoms with Gasteiger partial charge in [-0.3, -0.25) is 9.69 Å². The van der Waals surface area contributed by atoms with Crippen LogP contribution in [-0.2, 0) is 17.9 Å². The monoisotopic (exact) mass is 318 g/mol. The van der Waals surface area contributed by atoms with E-state index in [9.17, 15) is 13.6 Å². The van der Waals surface area contributed by atoms with E-state index in [1.54, 1.807) is 0 Å². The number of carbonyl (C=O) groups is 1. The lowest BCUT2D eigenvalue weighted by atomic mass is 10.1. The number of halogens is 2. The molecule has 0 radical (unpaired) electrons. The van der Waals surface area contributed by atoms with Gasteiger partial charge in [-0.25, -0.2) is 8.78 Å². The zero-order chi connectivity index (χ0) is 16.8. The Labute approximate surface area is 134 Å². The highest BCUT2D eigenvalue weighted by atomic mass is 19.1. The maximum absolute atomic E-state index is 13.1. The van der Waals surface area contributed by atoms with Crippen LogP contribution in [0.1, 0.15) is 16.7 Å². The number of rotatable bonds is 6. The summed E-state index contributed by atoms with van der Waals surface area (Å²) in [6.45, 7) is 3.00. The Morgan fingerprint density at radius 1 is 1.04 bits per heavy atom. The van der Waals surface area contributed by atoms with Gasteiger partial charge in [-0.1, -0.05) is 29.8 Å². The molecule has 0 aromatic heterocycles. The summed E-state index contributed by atoms with van der Waals surface area (Å²) in [5.74, 6) is -1.49. The molecule has 0 aliphatic carbocycles. The molecule has 2 aromatic rings. The molecule has 122 valence electrons. The molecule has 3 nitrogen and oxygen atoms in total. The van der Waals surface area contributed by atoms with E-state index >= 15 is 0 Å². The van der Waals surface area contributed by atoms with Gasteiger partial charge in [-0.2, -0.15) is 0 Å². The van der Waals surface area contributed by atoms with Crippen LogP contribution in [0.5, 0.6) is 0 Å². The fourth-order valence-electron chi connectivity index (χ4n) is 2.28. The van der Waals surface area contributed by atoms with Crippen LogP contribution >= 0.6 is 0 Å². The summed E-state index contributed by atoms with van der Waals surface area (Å²) in [5, 5.41) is 2.67. The summed E-state index contributed by atoms with van der Waals surface area (Å²) < 4.78 is 26.1. The van der Waals surface area contributed by atoms with Gasteiger partial charge in [0.15, 0.2) is 0 Å². The zero-order valence-corrected chi connectivity index (χ0v) is 13.3. The second kappa shape index (κ2) is 7.83.